The van der Waals surface area contributed by atoms with Crippen molar-refractivity contribution in [3.8, 4) is 0 Å². The topological polar surface area (TPSA) is 55.2 Å². The minimum atomic E-state index is -4.54. The molecule has 0 unspecified atom stereocenters. The third-order valence-corrected chi connectivity index (χ3v) is 3.80. The van der Waals surface area contributed by atoms with Crippen LogP contribution in [0.1, 0.15) is 12.5 Å². The van der Waals surface area contributed by atoms with E-state index in [4.69, 9.17) is 0 Å². The minimum Gasteiger partial charge on any atom is -0.332 e. The van der Waals surface area contributed by atoms with Crippen molar-refractivity contribution < 1.29 is 26.7 Å². The molecule has 0 N–H and O–H groups in total. The van der Waals surface area contributed by atoms with E-state index >= 15 is 0 Å². The fourth-order valence-corrected chi connectivity index (χ4v) is 2.71. The van der Waals surface area contributed by atoms with E-state index in [1.54, 1.807) is 0 Å². The summed E-state index contributed by atoms with van der Waals surface area (Å²) < 4.78 is 64.6. The lowest BCUT2D eigenvalue weighted by atomic mass is 10.2. The highest BCUT2D eigenvalue weighted by Gasteiger charge is 2.40. The molecule has 1 aliphatic rings. The molecule has 1 amide bonds. The van der Waals surface area contributed by atoms with E-state index in [0.717, 1.165) is 17.0 Å². The molecular formula is C14H10F5N3O2. The van der Waals surface area contributed by atoms with Gasteiger partial charge in [0.05, 0.1) is 17.2 Å². The molecule has 2 aromatic rings. The fraction of sp³-hybridized carbons (Fsp3) is 0.357. The first kappa shape index (κ1) is 16.3. The van der Waals surface area contributed by atoms with E-state index in [1.165, 1.54) is 0 Å². The Morgan fingerprint density at radius 3 is 2.50 bits per heavy atom. The van der Waals surface area contributed by atoms with Gasteiger partial charge < -0.3 is 4.90 Å². The number of aromatic nitrogens is 2. The van der Waals surface area contributed by atoms with Crippen LogP contribution in [-0.4, -0.2) is 39.6 Å². The van der Waals surface area contributed by atoms with Crippen molar-refractivity contribution in [1.82, 2.24) is 14.5 Å². The average Bonchev–Trinajstić information content (AvgIpc) is 2.81. The molecular weight excluding hydrogens is 337 g/mol. The maximum Gasteiger partial charge on any atom is 0.406 e. The summed E-state index contributed by atoms with van der Waals surface area (Å²) in [5.41, 5.74) is -0.918. The second-order valence-electron chi connectivity index (χ2n) is 5.42. The fourth-order valence-electron chi connectivity index (χ4n) is 2.71. The normalized spacial score (nSPS) is 18.6. The summed E-state index contributed by atoms with van der Waals surface area (Å²) in [6.07, 6.45) is -3.59. The van der Waals surface area contributed by atoms with E-state index < -0.39 is 41.9 Å². The summed E-state index contributed by atoms with van der Waals surface area (Å²) in [4.78, 5) is 28.8. The predicted molar refractivity (Wildman–Crippen MR) is 72.2 cm³/mol. The Balaban J connectivity index is 1.99. The molecule has 0 radical (unpaired) electrons. The zero-order valence-corrected chi connectivity index (χ0v) is 12.0. The van der Waals surface area contributed by atoms with Crippen LogP contribution >= 0.6 is 0 Å². The lowest BCUT2D eigenvalue weighted by molar-refractivity contribution is -0.158. The summed E-state index contributed by atoms with van der Waals surface area (Å²) in [7, 11) is 0. The molecule has 0 bridgehead atoms. The molecule has 1 atom stereocenters. The van der Waals surface area contributed by atoms with Crippen LogP contribution in [-0.2, 0) is 4.79 Å². The Hall–Kier alpha value is -2.52. The number of carbonyl (C=O) groups is 1. The second-order valence-corrected chi connectivity index (χ2v) is 5.42. The molecule has 2 heterocycles. The van der Waals surface area contributed by atoms with Gasteiger partial charge in [0.15, 0.2) is 11.6 Å². The van der Waals surface area contributed by atoms with Crippen molar-refractivity contribution in [3.63, 3.8) is 0 Å². The maximum atomic E-state index is 13.3. The maximum absolute atomic E-state index is 13.3. The molecule has 0 aliphatic carbocycles. The molecule has 1 aliphatic heterocycles. The Morgan fingerprint density at radius 1 is 1.17 bits per heavy atom. The number of fused-ring (bicyclic) bond motifs is 1. The smallest absolute Gasteiger partial charge is 0.332 e. The van der Waals surface area contributed by atoms with Crippen molar-refractivity contribution in [3.05, 3.63) is 40.4 Å². The molecule has 10 heteroatoms. The third kappa shape index (κ3) is 2.83. The van der Waals surface area contributed by atoms with Gasteiger partial charge in [-0.1, -0.05) is 0 Å². The van der Waals surface area contributed by atoms with Crippen LogP contribution < -0.4 is 5.56 Å². The van der Waals surface area contributed by atoms with Crippen LogP contribution in [0.25, 0.3) is 10.9 Å². The largest absolute Gasteiger partial charge is 0.406 e. The number of hydrogen-bond acceptors (Lipinski definition) is 3. The van der Waals surface area contributed by atoms with Gasteiger partial charge in [0.25, 0.3) is 5.56 Å². The van der Waals surface area contributed by atoms with E-state index in [-0.39, 0.29) is 23.9 Å². The number of halogens is 5. The second kappa shape index (κ2) is 5.53. The third-order valence-electron chi connectivity index (χ3n) is 3.80. The van der Waals surface area contributed by atoms with Crippen molar-refractivity contribution in [2.45, 2.75) is 18.6 Å². The highest BCUT2D eigenvalue weighted by atomic mass is 19.4. The van der Waals surface area contributed by atoms with Gasteiger partial charge in [0.2, 0.25) is 5.91 Å². The van der Waals surface area contributed by atoms with Crippen molar-refractivity contribution in [2.75, 3.05) is 13.1 Å². The SMILES string of the molecule is O=C1[C@@H](n2cnc3cc(F)c(F)cc3c2=O)CCN1CC(F)(F)F. The van der Waals surface area contributed by atoms with Gasteiger partial charge in [-0.2, -0.15) is 13.2 Å². The Morgan fingerprint density at radius 2 is 1.83 bits per heavy atom. The van der Waals surface area contributed by atoms with Gasteiger partial charge in [-0.15, -0.1) is 0 Å². The lowest BCUT2D eigenvalue weighted by Gasteiger charge is -2.19. The first-order valence-electron chi connectivity index (χ1n) is 6.89. The Bertz CT molecular complexity index is 877. The van der Waals surface area contributed by atoms with Gasteiger partial charge >= 0.3 is 6.18 Å². The number of hydrogen-bond donors (Lipinski definition) is 0. The van der Waals surface area contributed by atoms with Crippen LogP contribution in [0.4, 0.5) is 22.0 Å². The molecule has 1 fully saturated rings. The highest BCUT2D eigenvalue weighted by molar-refractivity contribution is 5.83. The lowest BCUT2D eigenvalue weighted by Crippen LogP contribution is -2.38. The molecule has 24 heavy (non-hydrogen) atoms. The average molecular weight is 347 g/mol. The monoisotopic (exact) mass is 347 g/mol. The standard InChI is InChI=1S/C14H10F5N3O2/c15-8-3-7-10(4-9(8)16)20-6-22(12(7)23)11-1-2-21(13(11)24)5-14(17,18)19/h3-4,6,11H,1-2,5H2/t11-/m0/s1. The van der Waals surface area contributed by atoms with Gasteiger partial charge in [-0.05, 0) is 12.5 Å². The van der Waals surface area contributed by atoms with Crippen LogP contribution in [0.3, 0.4) is 0 Å². The Labute approximate surface area is 131 Å². The molecule has 0 spiro atoms. The molecule has 0 saturated carbocycles. The summed E-state index contributed by atoms with van der Waals surface area (Å²) in [5, 5.41) is -0.251. The van der Waals surface area contributed by atoms with Crippen molar-refractivity contribution >= 4 is 16.8 Å². The number of nitrogens with zero attached hydrogens (tertiary/aromatic N) is 3. The van der Waals surface area contributed by atoms with E-state index in [2.05, 4.69) is 4.98 Å². The van der Waals surface area contributed by atoms with E-state index in [1.807, 2.05) is 0 Å². The van der Waals surface area contributed by atoms with Gasteiger partial charge in [0, 0.05) is 12.6 Å². The summed E-state index contributed by atoms with van der Waals surface area (Å²) >= 11 is 0. The van der Waals surface area contributed by atoms with Crippen molar-refractivity contribution in [2.24, 2.45) is 0 Å². The molecule has 3 rings (SSSR count). The quantitative estimate of drug-likeness (QED) is 0.781. The van der Waals surface area contributed by atoms with Gasteiger partial charge in [0.1, 0.15) is 12.6 Å². The number of rotatable bonds is 2. The van der Waals surface area contributed by atoms with Crippen LogP contribution in [0.2, 0.25) is 0 Å². The van der Waals surface area contributed by atoms with Crippen LogP contribution in [0, 0.1) is 11.6 Å². The minimum absolute atomic E-state index is 0.00825. The molecule has 1 saturated heterocycles. The zero-order chi connectivity index (χ0) is 17.6. The Kier molecular flexibility index (Phi) is 3.77. The summed E-state index contributed by atoms with van der Waals surface area (Å²) in [5.74, 6) is -3.30. The summed E-state index contributed by atoms with van der Waals surface area (Å²) in [6, 6.07) is 0.247. The molecule has 5 nitrogen and oxygen atoms in total. The number of carbonyl (C=O) groups excluding carboxylic acids is 1. The molecule has 128 valence electrons. The predicted octanol–water partition coefficient (Wildman–Crippen LogP) is 2.01. The van der Waals surface area contributed by atoms with Crippen LogP contribution in [0.5, 0.6) is 0 Å². The van der Waals surface area contributed by atoms with Crippen molar-refractivity contribution in [1.29, 1.82) is 0 Å². The number of amides is 1. The summed E-state index contributed by atoms with van der Waals surface area (Å²) in [6.45, 7) is -1.57. The molecule has 1 aromatic carbocycles. The first-order valence-corrected chi connectivity index (χ1v) is 6.89. The first-order chi connectivity index (χ1) is 11.2. The van der Waals surface area contributed by atoms with Crippen LogP contribution in [0.15, 0.2) is 23.3 Å². The van der Waals surface area contributed by atoms with Gasteiger partial charge in [-0.25, -0.2) is 13.8 Å². The van der Waals surface area contributed by atoms with Gasteiger partial charge in [-0.3, -0.25) is 14.2 Å². The molecule has 1 aromatic heterocycles. The number of benzene rings is 1. The van der Waals surface area contributed by atoms with E-state index in [0.29, 0.717) is 11.0 Å². The number of likely N-dealkylation sites (tertiary alicyclic amines) is 1. The highest BCUT2D eigenvalue weighted by Crippen LogP contribution is 2.26. The van der Waals surface area contributed by atoms with E-state index in [9.17, 15) is 31.5 Å². The zero-order valence-electron chi connectivity index (χ0n) is 12.0. The number of alkyl halides is 3.